The van der Waals surface area contributed by atoms with Crippen molar-refractivity contribution >= 4 is 17.6 Å². The highest BCUT2D eigenvalue weighted by Crippen LogP contribution is 2.27. The molecule has 0 bridgehead atoms. The fourth-order valence-electron chi connectivity index (χ4n) is 2.61. The minimum absolute atomic E-state index is 0.110. The van der Waals surface area contributed by atoms with E-state index in [1.807, 2.05) is 36.4 Å². The molecule has 1 aromatic heterocycles. The molecule has 120 valence electrons. The monoisotopic (exact) mass is 332 g/mol. The number of hydrogen-bond acceptors (Lipinski definition) is 5. The summed E-state index contributed by atoms with van der Waals surface area (Å²) < 4.78 is 10.7. The van der Waals surface area contributed by atoms with Crippen LogP contribution in [0, 0.1) is 0 Å². The van der Waals surface area contributed by atoms with Crippen LogP contribution >= 0.6 is 11.6 Å². The zero-order valence-corrected chi connectivity index (χ0v) is 13.4. The average molecular weight is 333 g/mol. The van der Waals surface area contributed by atoms with Crippen LogP contribution in [0.25, 0.3) is 11.3 Å². The zero-order chi connectivity index (χ0) is 16.2. The number of carbonyl (C=O) groups is 1. The second-order valence-corrected chi connectivity index (χ2v) is 5.72. The molecule has 1 fully saturated rings. The topological polar surface area (TPSA) is 60.5 Å². The van der Waals surface area contributed by atoms with Gasteiger partial charge in [-0.3, -0.25) is 4.79 Å². The molecule has 23 heavy (non-hydrogen) atoms. The molecule has 3 rings (SSSR count). The molecule has 1 N–H and O–H groups in total. The number of methoxy groups -OCH3 is 1. The molecule has 2 unspecified atom stereocenters. The third-order valence-electron chi connectivity index (χ3n) is 3.72. The number of rotatable bonds is 4. The molecule has 0 saturated carbocycles. The van der Waals surface area contributed by atoms with Crippen molar-refractivity contribution in [3.63, 3.8) is 0 Å². The van der Waals surface area contributed by atoms with E-state index in [1.165, 1.54) is 7.11 Å². The van der Waals surface area contributed by atoms with Crippen molar-refractivity contribution in [3.8, 4) is 17.0 Å². The van der Waals surface area contributed by atoms with E-state index in [0.717, 1.165) is 11.3 Å². The normalized spacial score (nSPS) is 20.3. The van der Waals surface area contributed by atoms with E-state index in [0.29, 0.717) is 23.9 Å². The lowest BCUT2D eigenvalue weighted by atomic mass is 10.1. The largest absolute Gasteiger partial charge is 0.489 e. The van der Waals surface area contributed by atoms with Gasteiger partial charge in [-0.25, -0.2) is 4.98 Å². The maximum Gasteiger partial charge on any atom is 0.323 e. The van der Waals surface area contributed by atoms with Gasteiger partial charge in [0.15, 0.2) is 0 Å². The van der Waals surface area contributed by atoms with Crippen LogP contribution in [0.5, 0.6) is 5.75 Å². The first kappa shape index (κ1) is 15.8. The van der Waals surface area contributed by atoms with E-state index in [1.54, 1.807) is 6.07 Å². The van der Waals surface area contributed by atoms with Crippen molar-refractivity contribution in [2.45, 2.75) is 18.6 Å². The van der Waals surface area contributed by atoms with Gasteiger partial charge in [0.1, 0.15) is 23.0 Å². The molecule has 0 amide bonds. The van der Waals surface area contributed by atoms with Gasteiger partial charge in [0.05, 0.1) is 12.8 Å². The number of esters is 1. The predicted molar refractivity (Wildman–Crippen MR) is 87.5 cm³/mol. The Balaban J connectivity index is 1.74. The number of carbonyl (C=O) groups excluding carboxylic acids is 1. The summed E-state index contributed by atoms with van der Waals surface area (Å²) >= 11 is 6.11. The van der Waals surface area contributed by atoms with E-state index in [9.17, 15) is 4.79 Å². The van der Waals surface area contributed by atoms with Crippen LogP contribution in [0.15, 0.2) is 42.5 Å². The van der Waals surface area contributed by atoms with Crippen LogP contribution in [0.2, 0.25) is 5.15 Å². The van der Waals surface area contributed by atoms with Crippen LogP contribution in [-0.2, 0) is 9.53 Å². The molecular weight excluding hydrogens is 316 g/mol. The van der Waals surface area contributed by atoms with Crippen LogP contribution in [0.4, 0.5) is 0 Å². The van der Waals surface area contributed by atoms with Crippen LogP contribution in [0.1, 0.15) is 6.42 Å². The first-order valence-electron chi connectivity index (χ1n) is 7.36. The molecule has 0 spiro atoms. The smallest absolute Gasteiger partial charge is 0.323 e. The van der Waals surface area contributed by atoms with Gasteiger partial charge in [0.2, 0.25) is 0 Å². The number of nitrogens with zero attached hydrogens (tertiary/aromatic N) is 1. The summed E-state index contributed by atoms with van der Waals surface area (Å²) in [6.45, 7) is 0.584. The minimum atomic E-state index is -0.323. The van der Waals surface area contributed by atoms with E-state index in [2.05, 4.69) is 10.3 Å². The van der Waals surface area contributed by atoms with Crippen molar-refractivity contribution in [3.05, 3.63) is 47.6 Å². The van der Waals surface area contributed by atoms with Crippen molar-refractivity contribution in [2.24, 2.45) is 0 Å². The zero-order valence-electron chi connectivity index (χ0n) is 12.7. The van der Waals surface area contributed by atoms with Gasteiger partial charge in [-0.1, -0.05) is 41.9 Å². The predicted octanol–water partition coefficient (Wildman–Crippen LogP) is 2.68. The molecule has 5 nitrogen and oxygen atoms in total. The van der Waals surface area contributed by atoms with Crippen LogP contribution in [0.3, 0.4) is 0 Å². The Bertz CT molecular complexity index is 693. The molecule has 1 saturated heterocycles. The van der Waals surface area contributed by atoms with Gasteiger partial charge < -0.3 is 14.8 Å². The maximum absolute atomic E-state index is 11.5. The minimum Gasteiger partial charge on any atom is -0.489 e. The summed E-state index contributed by atoms with van der Waals surface area (Å²) in [4.78, 5) is 15.9. The van der Waals surface area contributed by atoms with Crippen molar-refractivity contribution in [1.82, 2.24) is 10.3 Å². The maximum atomic E-state index is 11.5. The number of benzene rings is 1. The number of aromatic nitrogens is 1. The second-order valence-electron chi connectivity index (χ2n) is 5.34. The Morgan fingerprint density at radius 1 is 1.30 bits per heavy atom. The average Bonchev–Trinajstić information content (AvgIpc) is 3.03. The molecule has 1 aliphatic heterocycles. The molecule has 0 aliphatic carbocycles. The summed E-state index contributed by atoms with van der Waals surface area (Å²) in [5.74, 6) is 0.370. The van der Waals surface area contributed by atoms with E-state index in [-0.39, 0.29) is 18.1 Å². The highest BCUT2D eigenvalue weighted by Gasteiger charge is 2.31. The number of nitrogens with one attached hydrogen (secondary N) is 1. The van der Waals surface area contributed by atoms with Gasteiger partial charge in [-0.2, -0.15) is 0 Å². The van der Waals surface area contributed by atoms with Gasteiger partial charge >= 0.3 is 5.97 Å². The second kappa shape index (κ2) is 6.98. The van der Waals surface area contributed by atoms with Gasteiger partial charge in [0, 0.05) is 30.7 Å². The molecule has 1 aliphatic rings. The Hall–Kier alpha value is -2.11. The SMILES string of the molecule is COC(=O)C1CC(Oc2cc(Cl)nc(-c3ccccc3)c2)CN1. The first-order chi connectivity index (χ1) is 11.2. The summed E-state index contributed by atoms with van der Waals surface area (Å²) in [7, 11) is 1.38. The van der Waals surface area contributed by atoms with Gasteiger partial charge in [0.25, 0.3) is 0 Å². The summed E-state index contributed by atoms with van der Waals surface area (Å²) in [5.41, 5.74) is 1.72. The number of hydrogen-bond donors (Lipinski definition) is 1. The standard InChI is InChI=1S/C17H17ClN2O3/c1-22-17(21)15-8-13(10-19-15)23-12-7-14(20-16(18)9-12)11-5-3-2-4-6-11/h2-7,9,13,15,19H,8,10H2,1H3. The van der Waals surface area contributed by atoms with Crippen molar-refractivity contribution < 1.29 is 14.3 Å². The lowest BCUT2D eigenvalue weighted by molar-refractivity contribution is -0.142. The third kappa shape index (κ3) is 3.81. The lowest BCUT2D eigenvalue weighted by Gasteiger charge is -2.14. The fourth-order valence-corrected chi connectivity index (χ4v) is 2.80. The third-order valence-corrected chi connectivity index (χ3v) is 3.91. The summed E-state index contributed by atoms with van der Waals surface area (Å²) in [6.07, 6.45) is 0.453. The summed E-state index contributed by atoms with van der Waals surface area (Å²) in [5, 5.41) is 3.46. The highest BCUT2D eigenvalue weighted by atomic mass is 35.5. The van der Waals surface area contributed by atoms with Crippen molar-refractivity contribution in [2.75, 3.05) is 13.7 Å². The molecular formula is C17H17ClN2O3. The van der Waals surface area contributed by atoms with Gasteiger partial charge in [-0.05, 0) is 0 Å². The Kier molecular flexibility index (Phi) is 4.79. The fraction of sp³-hybridized carbons (Fsp3) is 0.294. The first-order valence-corrected chi connectivity index (χ1v) is 7.74. The van der Waals surface area contributed by atoms with E-state index < -0.39 is 0 Å². The quantitative estimate of drug-likeness (QED) is 0.689. The number of halogens is 1. The van der Waals surface area contributed by atoms with Crippen LogP contribution in [-0.4, -0.2) is 36.8 Å². The molecule has 2 aromatic rings. The Morgan fingerprint density at radius 3 is 2.83 bits per heavy atom. The number of pyridine rings is 1. The molecule has 2 atom stereocenters. The van der Waals surface area contributed by atoms with Crippen LogP contribution < -0.4 is 10.1 Å². The van der Waals surface area contributed by atoms with E-state index in [4.69, 9.17) is 21.1 Å². The van der Waals surface area contributed by atoms with Gasteiger partial charge in [-0.15, -0.1) is 0 Å². The number of ether oxygens (including phenoxy) is 2. The van der Waals surface area contributed by atoms with E-state index >= 15 is 0 Å². The van der Waals surface area contributed by atoms with Crippen molar-refractivity contribution in [1.29, 1.82) is 0 Å². The molecule has 1 aromatic carbocycles. The summed E-state index contributed by atoms with van der Waals surface area (Å²) in [6, 6.07) is 13.0. The Morgan fingerprint density at radius 2 is 2.09 bits per heavy atom. The molecule has 2 heterocycles. The molecule has 0 radical (unpaired) electrons. The Labute approximate surface area is 139 Å². The lowest BCUT2D eigenvalue weighted by Crippen LogP contribution is -2.31. The molecule has 6 heteroatoms. The highest BCUT2D eigenvalue weighted by molar-refractivity contribution is 6.29.